The second-order valence-corrected chi connectivity index (χ2v) is 7.15. The van der Waals surface area contributed by atoms with Gasteiger partial charge in [-0.25, -0.2) is 9.78 Å². The van der Waals surface area contributed by atoms with Crippen LogP contribution in [0.1, 0.15) is 43.4 Å². The molecule has 132 valence electrons. The zero-order valence-electron chi connectivity index (χ0n) is 14.6. The monoisotopic (exact) mass is 368 g/mol. The SMILES string of the molecule is COC(=O)c1sc2nc(C)nc(Oc3ccc4c(c3)CCC4=O)c2c1C. The summed E-state index contributed by atoms with van der Waals surface area (Å²) < 4.78 is 10.9. The van der Waals surface area contributed by atoms with Crippen molar-refractivity contribution < 1.29 is 19.1 Å². The molecule has 3 aromatic rings. The van der Waals surface area contributed by atoms with Crippen LogP contribution < -0.4 is 4.74 Å². The molecule has 0 aliphatic heterocycles. The number of carbonyl (C=O) groups is 2. The molecule has 0 amide bonds. The fourth-order valence-corrected chi connectivity index (χ4v) is 4.31. The molecule has 0 radical (unpaired) electrons. The van der Waals surface area contributed by atoms with E-state index < -0.39 is 5.97 Å². The van der Waals surface area contributed by atoms with Gasteiger partial charge in [0, 0.05) is 12.0 Å². The Morgan fingerprint density at radius 2 is 2.00 bits per heavy atom. The van der Waals surface area contributed by atoms with E-state index in [2.05, 4.69) is 9.97 Å². The van der Waals surface area contributed by atoms with Gasteiger partial charge in [0.1, 0.15) is 21.3 Å². The number of fused-ring (bicyclic) bond motifs is 2. The predicted octanol–water partition coefficient (Wildman–Crippen LogP) is 4.02. The van der Waals surface area contributed by atoms with Crippen LogP contribution in [-0.4, -0.2) is 28.8 Å². The van der Waals surface area contributed by atoms with E-state index in [9.17, 15) is 9.59 Å². The number of Topliss-reactive ketones (excluding diaryl/α,β-unsaturated/α-hetero) is 1. The molecule has 0 fully saturated rings. The van der Waals surface area contributed by atoms with E-state index in [1.54, 1.807) is 19.1 Å². The topological polar surface area (TPSA) is 78.4 Å². The van der Waals surface area contributed by atoms with Crippen molar-refractivity contribution in [2.45, 2.75) is 26.7 Å². The first-order chi connectivity index (χ1) is 12.5. The van der Waals surface area contributed by atoms with Crippen molar-refractivity contribution in [2.75, 3.05) is 7.11 Å². The molecule has 0 saturated heterocycles. The molecule has 1 aliphatic rings. The normalized spacial score (nSPS) is 13.1. The van der Waals surface area contributed by atoms with Gasteiger partial charge in [0.2, 0.25) is 5.88 Å². The van der Waals surface area contributed by atoms with Crippen molar-refractivity contribution in [3.8, 4) is 11.6 Å². The minimum Gasteiger partial charge on any atom is -0.465 e. The van der Waals surface area contributed by atoms with Crippen LogP contribution in [0.4, 0.5) is 0 Å². The second-order valence-electron chi connectivity index (χ2n) is 6.15. The molecule has 0 N–H and O–H groups in total. The van der Waals surface area contributed by atoms with E-state index in [0.717, 1.165) is 23.1 Å². The maximum Gasteiger partial charge on any atom is 0.348 e. The number of methoxy groups -OCH3 is 1. The van der Waals surface area contributed by atoms with Crippen molar-refractivity contribution in [1.29, 1.82) is 0 Å². The van der Waals surface area contributed by atoms with Gasteiger partial charge in [-0.1, -0.05) is 0 Å². The smallest absolute Gasteiger partial charge is 0.348 e. The number of aromatic nitrogens is 2. The lowest BCUT2D eigenvalue weighted by atomic mass is 10.1. The molecule has 6 nitrogen and oxygen atoms in total. The number of ketones is 1. The number of hydrogen-bond donors (Lipinski definition) is 0. The van der Waals surface area contributed by atoms with Crippen LogP contribution >= 0.6 is 11.3 Å². The predicted molar refractivity (Wildman–Crippen MR) is 97.4 cm³/mol. The Hall–Kier alpha value is -2.80. The lowest BCUT2D eigenvalue weighted by Gasteiger charge is -2.09. The summed E-state index contributed by atoms with van der Waals surface area (Å²) in [4.78, 5) is 33.8. The van der Waals surface area contributed by atoms with E-state index in [1.807, 2.05) is 13.0 Å². The van der Waals surface area contributed by atoms with Crippen molar-refractivity contribution in [3.05, 3.63) is 45.6 Å². The summed E-state index contributed by atoms with van der Waals surface area (Å²) in [5, 5.41) is 0.706. The Morgan fingerprint density at radius 3 is 2.77 bits per heavy atom. The van der Waals surface area contributed by atoms with E-state index in [-0.39, 0.29) is 5.78 Å². The van der Waals surface area contributed by atoms with Crippen LogP contribution in [0.3, 0.4) is 0 Å². The molecule has 2 heterocycles. The zero-order chi connectivity index (χ0) is 18.4. The van der Waals surface area contributed by atoms with Crippen LogP contribution in [-0.2, 0) is 11.2 Å². The molecule has 0 saturated carbocycles. The van der Waals surface area contributed by atoms with Crippen LogP contribution in [0.5, 0.6) is 11.6 Å². The average Bonchev–Trinajstić information content (AvgIpc) is 3.14. The first-order valence-corrected chi connectivity index (χ1v) is 8.99. The maximum absolute atomic E-state index is 12.0. The number of benzene rings is 1. The molecule has 1 aliphatic carbocycles. The Balaban J connectivity index is 1.80. The number of thiophene rings is 1. The van der Waals surface area contributed by atoms with Crippen molar-refractivity contribution in [2.24, 2.45) is 0 Å². The molecule has 0 bridgehead atoms. The number of hydrogen-bond acceptors (Lipinski definition) is 7. The van der Waals surface area contributed by atoms with Gasteiger partial charge in [-0.15, -0.1) is 11.3 Å². The largest absolute Gasteiger partial charge is 0.465 e. The molecule has 4 rings (SSSR count). The van der Waals surface area contributed by atoms with Gasteiger partial charge in [-0.2, -0.15) is 4.98 Å². The third kappa shape index (κ3) is 2.64. The summed E-state index contributed by atoms with van der Waals surface area (Å²) in [6, 6.07) is 5.45. The average molecular weight is 368 g/mol. The number of carbonyl (C=O) groups excluding carboxylic acids is 2. The molecule has 0 unspecified atom stereocenters. The molecule has 26 heavy (non-hydrogen) atoms. The number of ether oxygens (including phenoxy) is 2. The van der Waals surface area contributed by atoms with Crippen LogP contribution in [0.2, 0.25) is 0 Å². The molecular weight excluding hydrogens is 352 g/mol. The Labute approximate surface area is 153 Å². The van der Waals surface area contributed by atoms with Gasteiger partial charge >= 0.3 is 5.97 Å². The molecular formula is C19H16N2O4S. The third-order valence-electron chi connectivity index (χ3n) is 4.45. The maximum atomic E-state index is 12.0. The zero-order valence-corrected chi connectivity index (χ0v) is 15.4. The van der Waals surface area contributed by atoms with Crippen LogP contribution in [0.15, 0.2) is 18.2 Å². The highest BCUT2D eigenvalue weighted by atomic mass is 32.1. The first kappa shape index (κ1) is 16.7. The Bertz CT molecular complexity index is 1070. The highest BCUT2D eigenvalue weighted by Gasteiger charge is 2.23. The fourth-order valence-electron chi connectivity index (χ4n) is 3.17. The van der Waals surface area contributed by atoms with Gasteiger partial charge in [0.15, 0.2) is 5.78 Å². The van der Waals surface area contributed by atoms with Crippen LogP contribution in [0.25, 0.3) is 10.2 Å². The number of esters is 1. The summed E-state index contributed by atoms with van der Waals surface area (Å²) >= 11 is 1.27. The lowest BCUT2D eigenvalue weighted by Crippen LogP contribution is -2.00. The van der Waals surface area contributed by atoms with Gasteiger partial charge in [0.05, 0.1) is 12.5 Å². The molecule has 1 aromatic carbocycles. The van der Waals surface area contributed by atoms with Crippen molar-refractivity contribution in [3.63, 3.8) is 0 Å². The summed E-state index contributed by atoms with van der Waals surface area (Å²) in [5.41, 5.74) is 2.50. The molecule has 0 spiro atoms. The minimum absolute atomic E-state index is 0.170. The van der Waals surface area contributed by atoms with Gasteiger partial charge in [-0.05, 0) is 49.6 Å². The Morgan fingerprint density at radius 1 is 1.19 bits per heavy atom. The van der Waals surface area contributed by atoms with E-state index in [1.165, 1.54) is 18.4 Å². The summed E-state index contributed by atoms with van der Waals surface area (Å²) in [5.74, 6) is 1.35. The van der Waals surface area contributed by atoms with E-state index >= 15 is 0 Å². The highest BCUT2D eigenvalue weighted by molar-refractivity contribution is 7.20. The summed E-state index contributed by atoms with van der Waals surface area (Å²) in [7, 11) is 1.35. The highest BCUT2D eigenvalue weighted by Crippen LogP contribution is 2.38. The van der Waals surface area contributed by atoms with Gasteiger partial charge in [-0.3, -0.25) is 4.79 Å². The van der Waals surface area contributed by atoms with Gasteiger partial charge < -0.3 is 9.47 Å². The summed E-state index contributed by atoms with van der Waals surface area (Å²) in [6.07, 6.45) is 1.27. The molecule has 7 heteroatoms. The fraction of sp³-hybridized carbons (Fsp3) is 0.263. The van der Waals surface area contributed by atoms with Crippen molar-refractivity contribution >= 4 is 33.3 Å². The molecule has 0 atom stereocenters. The molecule has 2 aromatic heterocycles. The van der Waals surface area contributed by atoms with Gasteiger partial charge in [0.25, 0.3) is 0 Å². The third-order valence-corrected chi connectivity index (χ3v) is 5.62. The number of aryl methyl sites for hydroxylation is 3. The van der Waals surface area contributed by atoms with Crippen molar-refractivity contribution in [1.82, 2.24) is 9.97 Å². The number of rotatable bonds is 3. The summed E-state index contributed by atoms with van der Waals surface area (Å²) in [6.45, 7) is 3.61. The quantitative estimate of drug-likeness (QED) is 0.650. The Kier molecular flexibility index (Phi) is 3.96. The minimum atomic E-state index is -0.398. The second kappa shape index (κ2) is 6.17. The first-order valence-electron chi connectivity index (χ1n) is 8.18. The van der Waals surface area contributed by atoms with Crippen LogP contribution in [0, 0.1) is 13.8 Å². The van der Waals surface area contributed by atoms with E-state index in [0.29, 0.717) is 39.0 Å². The van der Waals surface area contributed by atoms with E-state index in [4.69, 9.17) is 9.47 Å². The standard InChI is InChI=1S/C19H16N2O4S/c1-9-15-17(20-10(2)21-18(15)26-16(9)19(23)24-3)25-12-5-6-13-11(8-12)4-7-14(13)22/h5-6,8H,4,7H2,1-3H3. The number of nitrogens with zero attached hydrogens (tertiary/aromatic N) is 2. The lowest BCUT2D eigenvalue weighted by molar-refractivity contribution is 0.0605.